The van der Waals surface area contributed by atoms with Crippen LogP contribution in [-0.4, -0.2) is 29.2 Å². The average molecular weight is 749 g/mol. The summed E-state index contributed by atoms with van der Waals surface area (Å²) >= 11 is 12.6. The van der Waals surface area contributed by atoms with Crippen LogP contribution in [-0.2, 0) is 6.54 Å². The highest BCUT2D eigenvalue weighted by Crippen LogP contribution is 2.50. The number of ether oxygens (including phenoxy) is 2. The lowest BCUT2D eigenvalue weighted by molar-refractivity contribution is 0.398. The molecule has 1 aliphatic carbocycles. The Bertz CT molecular complexity index is 2540. The van der Waals surface area contributed by atoms with Crippen LogP contribution in [0, 0.1) is 6.92 Å². The van der Waals surface area contributed by atoms with Crippen LogP contribution in [0.2, 0.25) is 5.02 Å². The van der Waals surface area contributed by atoms with Gasteiger partial charge in [0.2, 0.25) is 0 Å². The van der Waals surface area contributed by atoms with Gasteiger partial charge in [-0.25, -0.2) is 0 Å². The number of hydrogen-bond donors (Lipinski definition) is 2. The van der Waals surface area contributed by atoms with E-state index in [0.29, 0.717) is 15.7 Å². The Labute approximate surface area is 324 Å². The number of hydrogen-bond acceptors (Lipinski definition) is 5. The minimum Gasteiger partial charge on any atom is -0.497 e. The molecular formula is C45H37ClN4O3S. The maximum absolute atomic E-state index is 13.8. The van der Waals surface area contributed by atoms with Gasteiger partial charge in [-0.05, 0) is 132 Å². The molecule has 0 saturated heterocycles. The number of aromatic amines is 1. The number of thiocarbonyl (C=S) groups is 1. The highest BCUT2D eigenvalue weighted by atomic mass is 35.5. The summed E-state index contributed by atoms with van der Waals surface area (Å²) in [7, 11) is 3.30. The van der Waals surface area contributed by atoms with Crippen molar-refractivity contribution < 1.29 is 9.47 Å². The van der Waals surface area contributed by atoms with Gasteiger partial charge in [-0.15, -0.1) is 0 Å². The number of halogens is 1. The zero-order chi connectivity index (χ0) is 37.3. The molecule has 6 aromatic carbocycles. The molecule has 54 heavy (non-hydrogen) atoms. The molecule has 2 N–H and O–H groups in total. The molecular weight excluding hydrogens is 712 g/mol. The van der Waals surface area contributed by atoms with Crippen LogP contribution in [0.5, 0.6) is 11.5 Å². The fourth-order valence-electron chi connectivity index (χ4n) is 7.03. The largest absolute Gasteiger partial charge is 0.497 e. The molecule has 268 valence electrons. The van der Waals surface area contributed by atoms with Crippen LogP contribution < -0.4 is 25.2 Å². The zero-order valence-electron chi connectivity index (χ0n) is 30.0. The lowest BCUT2D eigenvalue weighted by atomic mass is 10.0. The van der Waals surface area contributed by atoms with Crippen molar-refractivity contribution in [3.8, 4) is 22.6 Å². The summed E-state index contributed by atoms with van der Waals surface area (Å²) in [5.74, 6) is 1.52. The zero-order valence-corrected chi connectivity index (χ0v) is 31.5. The fraction of sp³-hybridized carbons (Fsp3) is 0.111. The van der Waals surface area contributed by atoms with Crippen molar-refractivity contribution in [2.45, 2.75) is 19.5 Å². The topological polar surface area (TPSA) is 69.8 Å². The SMILES string of the molecule is COc1ccc(NC(=S)N(Cc2cc3ccc(-c4ccccc4OC)cc3[nH]c2=O)C2c3ccc(N(c4cccc(C)c4)c4cccc(Cl)c4)cc32)cc1. The van der Waals surface area contributed by atoms with Crippen LogP contribution in [0.3, 0.4) is 0 Å². The Hall–Kier alpha value is -6.09. The summed E-state index contributed by atoms with van der Waals surface area (Å²) in [6, 6.07) is 46.1. The quantitative estimate of drug-likeness (QED) is 0.135. The summed E-state index contributed by atoms with van der Waals surface area (Å²) in [4.78, 5) is 21.3. The summed E-state index contributed by atoms with van der Waals surface area (Å²) in [5, 5.41) is 5.50. The van der Waals surface area contributed by atoms with E-state index < -0.39 is 0 Å². The molecule has 0 spiro atoms. The number of anilines is 4. The Morgan fingerprint density at radius 1 is 0.778 bits per heavy atom. The normalized spacial score (nSPS) is 12.9. The van der Waals surface area contributed by atoms with E-state index in [2.05, 4.69) is 75.6 Å². The first-order chi connectivity index (χ1) is 26.3. The molecule has 0 amide bonds. The monoisotopic (exact) mass is 748 g/mol. The molecule has 1 heterocycles. The Morgan fingerprint density at radius 3 is 2.30 bits per heavy atom. The van der Waals surface area contributed by atoms with Crippen LogP contribution >= 0.6 is 23.8 Å². The van der Waals surface area contributed by atoms with E-state index in [4.69, 9.17) is 33.3 Å². The molecule has 8 rings (SSSR count). The van der Waals surface area contributed by atoms with Crippen LogP contribution in [0.4, 0.5) is 22.7 Å². The fourth-order valence-corrected chi connectivity index (χ4v) is 7.50. The van der Waals surface area contributed by atoms with E-state index >= 15 is 0 Å². The molecule has 9 heteroatoms. The standard InChI is InChI=1S/C45H37ClN4O3S/c1-28-8-6-10-34(22-28)50(35-11-7-9-32(46)25-35)36-18-21-39-40(26-36)43(39)49(45(54)47-33-16-19-37(52-2)20-17-33)27-31-23-30-15-14-29(24-41(30)48-44(31)51)38-12-4-5-13-42(38)53-3/h4-26,43H,27H2,1-3H3,(H,47,54)(H,48,51). The van der Waals surface area contributed by atoms with Gasteiger partial charge in [0.15, 0.2) is 5.11 Å². The van der Waals surface area contributed by atoms with Gasteiger partial charge in [0.05, 0.1) is 26.8 Å². The lowest BCUT2D eigenvalue weighted by Crippen LogP contribution is -2.35. The first kappa shape index (κ1) is 35.0. The molecule has 0 saturated carbocycles. The third-order valence-electron chi connectivity index (χ3n) is 9.76. The predicted molar refractivity (Wildman–Crippen MR) is 224 cm³/mol. The number of aromatic nitrogens is 1. The third kappa shape index (κ3) is 7.01. The Balaban J connectivity index is 1.15. The summed E-state index contributed by atoms with van der Waals surface area (Å²) in [5.41, 5.74) is 10.3. The third-order valence-corrected chi connectivity index (χ3v) is 10.3. The molecule has 7 nitrogen and oxygen atoms in total. The van der Waals surface area contributed by atoms with Crippen molar-refractivity contribution in [1.29, 1.82) is 0 Å². The maximum Gasteiger partial charge on any atom is 0.253 e. The minimum atomic E-state index is -0.172. The molecule has 0 bridgehead atoms. The van der Waals surface area contributed by atoms with Gasteiger partial charge in [-0.2, -0.15) is 0 Å². The molecule has 1 atom stereocenters. The van der Waals surface area contributed by atoms with Crippen molar-refractivity contribution in [1.82, 2.24) is 9.88 Å². The second-order valence-corrected chi connectivity index (χ2v) is 14.1. The number of H-pyrrole nitrogens is 1. The molecule has 0 radical (unpaired) electrons. The van der Waals surface area contributed by atoms with Gasteiger partial charge in [-0.3, -0.25) is 4.79 Å². The second kappa shape index (κ2) is 14.7. The van der Waals surface area contributed by atoms with Gasteiger partial charge in [0.1, 0.15) is 11.5 Å². The summed E-state index contributed by atoms with van der Waals surface area (Å²) in [6.45, 7) is 2.37. The molecule has 0 aliphatic heterocycles. The van der Waals surface area contributed by atoms with E-state index in [1.807, 2.05) is 91.0 Å². The van der Waals surface area contributed by atoms with Crippen molar-refractivity contribution in [2.75, 3.05) is 24.4 Å². The van der Waals surface area contributed by atoms with Gasteiger partial charge in [-0.1, -0.05) is 66.2 Å². The van der Waals surface area contributed by atoms with E-state index in [1.54, 1.807) is 14.2 Å². The number of rotatable bonds is 10. The van der Waals surface area contributed by atoms with Crippen LogP contribution in [0.15, 0.2) is 144 Å². The summed E-state index contributed by atoms with van der Waals surface area (Å²) < 4.78 is 11.0. The molecule has 1 aromatic heterocycles. The van der Waals surface area contributed by atoms with Crippen LogP contribution in [0.1, 0.15) is 28.3 Å². The first-order valence-corrected chi connectivity index (χ1v) is 18.4. The van der Waals surface area contributed by atoms with E-state index in [1.165, 1.54) is 0 Å². The second-order valence-electron chi connectivity index (χ2n) is 13.3. The van der Waals surface area contributed by atoms with Gasteiger partial charge < -0.3 is 29.6 Å². The van der Waals surface area contributed by atoms with Crippen molar-refractivity contribution in [2.24, 2.45) is 0 Å². The first-order valence-electron chi connectivity index (χ1n) is 17.6. The molecule has 0 fully saturated rings. The van der Waals surface area contributed by atoms with E-state index in [0.717, 1.165) is 73.0 Å². The number of aryl methyl sites for hydroxylation is 1. The van der Waals surface area contributed by atoms with Crippen molar-refractivity contribution in [3.63, 3.8) is 0 Å². The Morgan fingerprint density at radius 2 is 1.54 bits per heavy atom. The smallest absolute Gasteiger partial charge is 0.253 e. The van der Waals surface area contributed by atoms with Gasteiger partial charge in [0.25, 0.3) is 5.56 Å². The Kier molecular flexibility index (Phi) is 9.54. The van der Waals surface area contributed by atoms with Gasteiger partial charge in [0, 0.05) is 44.4 Å². The number of para-hydroxylation sites is 1. The van der Waals surface area contributed by atoms with Crippen molar-refractivity contribution in [3.05, 3.63) is 177 Å². The van der Waals surface area contributed by atoms with Crippen molar-refractivity contribution >= 4 is 62.6 Å². The predicted octanol–water partition coefficient (Wildman–Crippen LogP) is 10.9. The lowest BCUT2D eigenvalue weighted by Gasteiger charge is -2.26. The maximum atomic E-state index is 13.8. The minimum absolute atomic E-state index is 0.140. The van der Waals surface area contributed by atoms with E-state index in [-0.39, 0.29) is 18.1 Å². The van der Waals surface area contributed by atoms with E-state index in [9.17, 15) is 4.79 Å². The number of benzene rings is 6. The highest BCUT2D eigenvalue weighted by Gasteiger charge is 2.40. The number of nitrogens with zero attached hydrogens (tertiary/aromatic N) is 2. The molecule has 1 unspecified atom stereocenters. The number of fused-ring (bicyclic) bond motifs is 2. The highest BCUT2D eigenvalue weighted by molar-refractivity contribution is 7.80. The van der Waals surface area contributed by atoms with Gasteiger partial charge >= 0.3 is 0 Å². The molecule has 7 aromatic rings. The number of pyridine rings is 1. The number of methoxy groups -OCH3 is 2. The average Bonchev–Trinajstić information content (AvgIpc) is 3.90. The molecule has 1 aliphatic rings. The summed E-state index contributed by atoms with van der Waals surface area (Å²) in [6.07, 6.45) is 0. The van der Waals surface area contributed by atoms with Crippen LogP contribution in [0.25, 0.3) is 22.0 Å². The number of nitrogens with one attached hydrogen (secondary N) is 2.